The maximum atomic E-state index is 11.2. The summed E-state index contributed by atoms with van der Waals surface area (Å²) in [5.74, 6) is 0.863. The van der Waals surface area contributed by atoms with Crippen LogP contribution in [0, 0.1) is 6.92 Å². The lowest BCUT2D eigenvalue weighted by Gasteiger charge is -2.08. The molecule has 0 saturated carbocycles. The van der Waals surface area contributed by atoms with E-state index in [-0.39, 0.29) is 5.78 Å². The number of carbonyl (C=O) groups excluding carboxylic acids is 1. The van der Waals surface area contributed by atoms with Crippen LogP contribution in [0.25, 0.3) is 0 Å². The SMILES string of the molecule is CC(=O)c1ccc(OCc2cscn2)c(C)c1. The molecule has 0 spiro atoms. The van der Waals surface area contributed by atoms with Gasteiger partial charge >= 0.3 is 0 Å². The van der Waals surface area contributed by atoms with Gasteiger partial charge in [-0.15, -0.1) is 11.3 Å². The normalized spacial score (nSPS) is 10.2. The van der Waals surface area contributed by atoms with Crippen LogP contribution in [-0.4, -0.2) is 10.8 Å². The summed E-state index contributed by atoms with van der Waals surface area (Å²) in [6, 6.07) is 5.46. The quantitative estimate of drug-likeness (QED) is 0.779. The molecule has 0 aliphatic heterocycles. The predicted molar refractivity (Wildman–Crippen MR) is 67.6 cm³/mol. The zero-order valence-corrected chi connectivity index (χ0v) is 10.6. The Bertz CT molecular complexity index is 520. The van der Waals surface area contributed by atoms with E-state index in [1.54, 1.807) is 29.8 Å². The van der Waals surface area contributed by atoms with Gasteiger partial charge in [-0.1, -0.05) is 0 Å². The van der Waals surface area contributed by atoms with E-state index in [0.717, 1.165) is 17.0 Å². The molecule has 17 heavy (non-hydrogen) atoms. The summed E-state index contributed by atoms with van der Waals surface area (Å²) in [7, 11) is 0. The van der Waals surface area contributed by atoms with Gasteiger partial charge in [-0.05, 0) is 37.6 Å². The molecular formula is C13H13NO2S. The highest BCUT2D eigenvalue weighted by Crippen LogP contribution is 2.20. The second-order valence-corrected chi connectivity index (χ2v) is 4.52. The van der Waals surface area contributed by atoms with E-state index < -0.39 is 0 Å². The number of thiazole rings is 1. The number of carbonyl (C=O) groups is 1. The summed E-state index contributed by atoms with van der Waals surface area (Å²) in [6.07, 6.45) is 0. The number of aryl methyl sites for hydroxylation is 1. The Morgan fingerprint density at radius 1 is 1.47 bits per heavy atom. The number of hydrogen-bond acceptors (Lipinski definition) is 4. The number of hydrogen-bond donors (Lipinski definition) is 0. The van der Waals surface area contributed by atoms with Gasteiger partial charge in [0.15, 0.2) is 5.78 Å². The van der Waals surface area contributed by atoms with E-state index in [1.807, 2.05) is 24.4 Å². The monoisotopic (exact) mass is 247 g/mol. The molecule has 0 aliphatic rings. The van der Waals surface area contributed by atoms with Crippen LogP contribution in [0.3, 0.4) is 0 Å². The van der Waals surface area contributed by atoms with Crippen molar-refractivity contribution in [1.82, 2.24) is 4.98 Å². The molecule has 88 valence electrons. The van der Waals surface area contributed by atoms with E-state index in [4.69, 9.17) is 4.74 Å². The number of Topliss-reactive ketones (excluding diaryl/α,β-unsaturated/α-hetero) is 1. The Labute approximate surface area is 104 Å². The van der Waals surface area contributed by atoms with Gasteiger partial charge in [-0.3, -0.25) is 4.79 Å². The van der Waals surface area contributed by atoms with Crippen molar-refractivity contribution in [2.45, 2.75) is 20.5 Å². The lowest BCUT2D eigenvalue weighted by atomic mass is 10.1. The standard InChI is InChI=1S/C13H13NO2S/c1-9-5-11(10(2)15)3-4-13(9)16-6-12-7-17-8-14-12/h3-5,7-8H,6H2,1-2H3. The molecule has 0 unspecified atom stereocenters. The van der Waals surface area contributed by atoms with Crippen LogP contribution in [0.1, 0.15) is 28.5 Å². The molecule has 0 saturated heterocycles. The molecule has 1 heterocycles. The fourth-order valence-electron chi connectivity index (χ4n) is 1.49. The van der Waals surface area contributed by atoms with Gasteiger partial charge in [0.25, 0.3) is 0 Å². The van der Waals surface area contributed by atoms with Gasteiger partial charge in [0.2, 0.25) is 0 Å². The van der Waals surface area contributed by atoms with Gasteiger partial charge < -0.3 is 4.74 Å². The molecule has 1 aromatic carbocycles. The minimum Gasteiger partial charge on any atom is -0.487 e. The van der Waals surface area contributed by atoms with Crippen molar-refractivity contribution in [1.29, 1.82) is 0 Å². The first-order valence-corrected chi connectivity index (χ1v) is 6.22. The van der Waals surface area contributed by atoms with E-state index in [2.05, 4.69) is 4.98 Å². The molecule has 2 aromatic rings. The Balaban J connectivity index is 2.09. The third-order valence-electron chi connectivity index (χ3n) is 2.44. The minimum absolute atomic E-state index is 0.0687. The summed E-state index contributed by atoms with van der Waals surface area (Å²) >= 11 is 1.55. The number of benzene rings is 1. The number of ketones is 1. The first-order chi connectivity index (χ1) is 8.16. The molecule has 4 heteroatoms. The number of nitrogens with zero attached hydrogens (tertiary/aromatic N) is 1. The largest absolute Gasteiger partial charge is 0.487 e. The van der Waals surface area contributed by atoms with Crippen molar-refractivity contribution in [3.8, 4) is 5.75 Å². The third-order valence-corrected chi connectivity index (χ3v) is 3.08. The summed E-state index contributed by atoms with van der Waals surface area (Å²) < 4.78 is 5.65. The highest BCUT2D eigenvalue weighted by atomic mass is 32.1. The predicted octanol–water partition coefficient (Wildman–Crippen LogP) is 3.23. The average Bonchev–Trinajstić information content (AvgIpc) is 2.80. The molecular weight excluding hydrogens is 234 g/mol. The molecule has 0 radical (unpaired) electrons. The second-order valence-electron chi connectivity index (χ2n) is 3.80. The van der Waals surface area contributed by atoms with Crippen molar-refractivity contribution >= 4 is 17.1 Å². The lowest BCUT2D eigenvalue weighted by molar-refractivity contribution is 0.101. The van der Waals surface area contributed by atoms with Crippen molar-refractivity contribution in [3.63, 3.8) is 0 Å². The van der Waals surface area contributed by atoms with Gasteiger partial charge in [-0.2, -0.15) is 0 Å². The summed E-state index contributed by atoms with van der Waals surface area (Å²) in [5, 5.41) is 1.96. The smallest absolute Gasteiger partial charge is 0.159 e. The highest BCUT2D eigenvalue weighted by Gasteiger charge is 2.05. The van der Waals surface area contributed by atoms with Crippen molar-refractivity contribution in [3.05, 3.63) is 45.9 Å². The van der Waals surface area contributed by atoms with Crippen LogP contribution in [-0.2, 0) is 6.61 Å². The first-order valence-electron chi connectivity index (χ1n) is 5.28. The van der Waals surface area contributed by atoms with Crippen LogP contribution in [0.2, 0.25) is 0 Å². The van der Waals surface area contributed by atoms with E-state index in [0.29, 0.717) is 12.2 Å². The van der Waals surface area contributed by atoms with Crippen LogP contribution >= 0.6 is 11.3 Å². The van der Waals surface area contributed by atoms with Crippen molar-refractivity contribution in [2.24, 2.45) is 0 Å². The maximum absolute atomic E-state index is 11.2. The van der Waals surface area contributed by atoms with Crippen LogP contribution in [0.4, 0.5) is 0 Å². The van der Waals surface area contributed by atoms with Crippen molar-refractivity contribution < 1.29 is 9.53 Å². The maximum Gasteiger partial charge on any atom is 0.159 e. The van der Waals surface area contributed by atoms with Crippen LogP contribution in [0.15, 0.2) is 29.1 Å². The molecule has 2 rings (SSSR count). The summed E-state index contributed by atoms with van der Waals surface area (Å²) in [5.41, 5.74) is 4.38. The van der Waals surface area contributed by atoms with E-state index >= 15 is 0 Å². The Morgan fingerprint density at radius 3 is 2.88 bits per heavy atom. The number of rotatable bonds is 4. The van der Waals surface area contributed by atoms with Gasteiger partial charge in [-0.25, -0.2) is 4.98 Å². The third kappa shape index (κ3) is 2.91. The zero-order chi connectivity index (χ0) is 12.3. The van der Waals surface area contributed by atoms with Crippen LogP contribution in [0.5, 0.6) is 5.75 Å². The minimum atomic E-state index is 0.0687. The number of aromatic nitrogens is 1. The zero-order valence-electron chi connectivity index (χ0n) is 9.77. The number of ether oxygens (including phenoxy) is 1. The molecule has 0 fully saturated rings. The lowest BCUT2D eigenvalue weighted by Crippen LogP contribution is -1.99. The first kappa shape index (κ1) is 11.8. The summed E-state index contributed by atoms with van der Waals surface area (Å²) in [4.78, 5) is 15.4. The average molecular weight is 247 g/mol. The molecule has 0 amide bonds. The molecule has 0 aliphatic carbocycles. The summed E-state index contributed by atoms with van der Waals surface area (Å²) in [6.45, 7) is 3.96. The Morgan fingerprint density at radius 2 is 2.29 bits per heavy atom. The Kier molecular flexibility index (Phi) is 3.54. The fraction of sp³-hybridized carbons (Fsp3) is 0.231. The molecule has 0 N–H and O–H groups in total. The van der Waals surface area contributed by atoms with Gasteiger partial charge in [0.1, 0.15) is 12.4 Å². The fourth-order valence-corrected chi connectivity index (χ4v) is 2.03. The second kappa shape index (κ2) is 5.10. The molecule has 0 atom stereocenters. The van der Waals surface area contributed by atoms with Gasteiger partial charge in [0.05, 0.1) is 11.2 Å². The van der Waals surface area contributed by atoms with E-state index in [9.17, 15) is 4.79 Å². The molecule has 3 nitrogen and oxygen atoms in total. The topological polar surface area (TPSA) is 39.2 Å². The molecule has 0 bridgehead atoms. The Hall–Kier alpha value is -1.68. The highest BCUT2D eigenvalue weighted by molar-refractivity contribution is 7.07. The van der Waals surface area contributed by atoms with Gasteiger partial charge in [0, 0.05) is 10.9 Å². The van der Waals surface area contributed by atoms with Crippen molar-refractivity contribution in [2.75, 3.05) is 0 Å². The molecule has 1 aromatic heterocycles. The van der Waals surface area contributed by atoms with E-state index in [1.165, 1.54) is 0 Å². The van der Waals surface area contributed by atoms with Crippen LogP contribution < -0.4 is 4.74 Å².